The number of hydrogen-bond acceptors (Lipinski definition) is 7. The minimum Gasteiger partial charge on any atom is -0.425 e. The molecule has 1 aromatic heterocycles. The number of thioether (sulfide) groups is 1. The van der Waals surface area contributed by atoms with Gasteiger partial charge in [-0.1, -0.05) is 12.1 Å². The largest absolute Gasteiger partial charge is 0.425 e. The lowest BCUT2D eigenvalue weighted by Crippen LogP contribution is -2.40. The van der Waals surface area contributed by atoms with Gasteiger partial charge in [-0.15, -0.1) is 22.0 Å². The van der Waals surface area contributed by atoms with Gasteiger partial charge in [0, 0.05) is 10.5 Å². The molecule has 2 aromatic carbocycles. The van der Waals surface area contributed by atoms with E-state index in [9.17, 15) is 9.59 Å². The quantitative estimate of drug-likeness (QED) is 0.518. The van der Waals surface area contributed by atoms with E-state index in [1.54, 1.807) is 24.3 Å². The maximum Gasteiger partial charge on any atom is 0.331 e. The minimum atomic E-state index is -0.509. The molecule has 0 saturated carbocycles. The summed E-state index contributed by atoms with van der Waals surface area (Å²) in [5.74, 6) is 0.452. The Hall–Kier alpha value is -3.13. The summed E-state index contributed by atoms with van der Waals surface area (Å²) in [4.78, 5) is 26.9. The van der Waals surface area contributed by atoms with Gasteiger partial charge in [-0.3, -0.25) is 9.69 Å². The SMILES string of the molecule is O=C(CN1C(=O)CSc2ccccc21)Oc1ccc(-c2nnco2)cc1. The molecule has 0 spiro atoms. The first kappa shape index (κ1) is 16.3. The lowest BCUT2D eigenvalue weighted by Gasteiger charge is -2.27. The standard InChI is InChI=1S/C18H13N3O4S/c22-16-10-26-15-4-2-1-3-14(15)21(16)9-17(23)25-13-7-5-12(6-8-13)18-20-19-11-24-18/h1-8,11H,9-10H2. The molecule has 0 saturated heterocycles. The van der Waals surface area contributed by atoms with Crippen LogP contribution in [0.4, 0.5) is 5.69 Å². The second-order valence-electron chi connectivity index (χ2n) is 5.48. The van der Waals surface area contributed by atoms with Crippen LogP contribution in [-0.2, 0) is 9.59 Å². The number of anilines is 1. The third kappa shape index (κ3) is 3.31. The van der Waals surface area contributed by atoms with Crippen LogP contribution in [0, 0.1) is 0 Å². The van der Waals surface area contributed by atoms with Crippen molar-refractivity contribution >= 4 is 29.3 Å². The Morgan fingerprint density at radius 2 is 2.00 bits per heavy atom. The first-order valence-corrected chi connectivity index (χ1v) is 8.79. The van der Waals surface area contributed by atoms with Crippen LogP contribution >= 0.6 is 11.8 Å². The summed E-state index contributed by atoms with van der Waals surface area (Å²) >= 11 is 1.47. The Labute approximate surface area is 153 Å². The van der Waals surface area contributed by atoms with Crippen molar-refractivity contribution in [3.8, 4) is 17.2 Å². The summed E-state index contributed by atoms with van der Waals surface area (Å²) in [6.45, 7) is -0.137. The molecule has 26 heavy (non-hydrogen) atoms. The number of nitrogens with zero attached hydrogens (tertiary/aromatic N) is 3. The number of benzene rings is 2. The van der Waals surface area contributed by atoms with E-state index in [4.69, 9.17) is 9.15 Å². The highest BCUT2D eigenvalue weighted by Crippen LogP contribution is 2.34. The molecule has 130 valence electrons. The molecule has 8 heteroatoms. The van der Waals surface area contributed by atoms with Crippen molar-refractivity contribution in [1.29, 1.82) is 0 Å². The number of ether oxygens (including phenoxy) is 1. The number of para-hydroxylation sites is 1. The van der Waals surface area contributed by atoms with E-state index in [-0.39, 0.29) is 12.5 Å². The van der Waals surface area contributed by atoms with E-state index in [2.05, 4.69) is 10.2 Å². The number of carbonyl (C=O) groups excluding carboxylic acids is 2. The van der Waals surface area contributed by atoms with Crippen LogP contribution in [0.25, 0.3) is 11.5 Å². The molecule has 1 amide bonds. The third-order valence-electron chi connectivity index (χ3n) is 3.79. The van der Waals surface area contributed by atoms with Crippen LogP contribution in [0.15, 0.2) is 64.2 Å². The van der Waals surface area contributed by atoms with E-state index in [1.165, 1.54) is 23.1 Å². The average molecular weight is 367 g/mol. The van der Waals surface area contributed by atoms with Crippen molar-refractivity contribution in [3.63, 3.8) is 0 Å². The monoisotopic (exact) mass is 367 g/mol. The van der Waals surface area contributed by atoms with Gasteiger partial charge < -0.3 is 9.15 Å². The maximum absolute atomic E-state index is 12.3. The smallest absolute Gasteiger partial charge is 0.331 e. The van der Waals surface area contributed by atoms with Crippen molar-refractivity contribution in [2.75, 3.05) is 17.2 Å². The first-order chi connectivity index (χ1) is 12.7. The van der Waals surface area contributed by atoms with Crippen LogP contribution in [0.1, 0.15) is 0 Å². The zero-order valence-electron chi connectivity index (χ0n) is 13.5. The van der Waals surface area contributed by atoms with Crippen molar-refractivity contribution in [1.82, 2.24) is 10.2 Å². The molecule has 0 bridgehead atoms. The molecule has 0 fully saturated rings. The number of rotatable bonds is 4. The van der Waals surface area contributed by atoms with Gasteiger partial charge in [0.25, 0.3) is 0 Å². The molecule has 1 aliphatic heterocycles. The second kappa shape index (κ2) is 7.01. The van der Waals surface area contributed by atoms with E-state index in [0.29, 0.717) is 17.4 Å². The van der Waals surface area contributed by atoms with E-state index < -0.39 is 5.97 Å². The summed E-state index contributed by atoms with van der Waals surface area (Å²) in [6, 6.07) is 14.2. The summed E-state index contributed by atoms with van der Waals surface area (Å²) in [7, 11) is 0. The van der Waals surface area contributed by atoms with Crippen LogP contribution < -0.4 is 9.64 Å². The fraction of sp³-hybridized carbons (Fsp3) is 0.111. The molecule has 0 unspecified atom stereocenters. The van der Waals surface area contributed by atoms with Crippen LogP contribution in [0.2, 0.25) is 0 Å². The van der Waals surface area contributed by atoms with E-state index in [0.717, 1.165) is 16.1 Å². The molecular formula is C18H13N3O4S. The Morgan fingerprint density at radius 1 is 1.19 bits per heavy atom. The third-order valence-corrected chi connectivity index (χ3v) is 4.84. The van der Waals surface area contributed by atoms with Crippen molar-refractivity contribution in [3.05, 3.63) is 54.9 Å². The van der Waals surface area contributed by atoms with Gasteiger partial charge in [-0.25, -0.2) is 4.79 Å². The molecule has 0 atom stereocenters. The summed E-state index contributed by atoms with van der Waals surface area (Å²) in [6.07, 6.45) is 1.25. The first-order valence-electron chi connectivity index (χ1n) is 7.80. The van der Waals surface area contributed by atoms with Crippen LogP contribution in [-0.4, -0.2) is 34.4 Å². The van der Waals surface area contributed by atoms with Crippen LogP contribution in [0.5, 0.6) is 5.75 Å². The van der Waals surface area contributed by atoms with Gasteiger partial charge in [0.05, 0.1) is 11.4 Å². The van der Waals surface area contributed by atoms with Gasteiger partial charge in [0.15, 0.2) is 0 Å². The Kier molecular flexibility index (Phi) is 4.40. The fourth-order valence-corrected chi connectivity index (χ4v) is 3.52. The predicted octanol–water partition coefficient (Wildman–Crippen LogP) is 2.78. The topological polar surface area (TPSA) is 85.5 Å². The zero-order valence-corrected chi connectivity index (χ0v) is 14.3. The number of fused-ring (bicyclic) bond motifs is 1. The zero-order chi connectivity index (χ0) is 17.9. The fourth-order valence-electron chi connectivity index (χ4n) is 2.58. The number of hydrogen-bond donors (Lipinski definition) is 0. The van der Waals surface area contributed by atoms with Gasteiger partial charge in [0.2, 0.25) is 18.2 Å². The minimum absolute atomic E-state index is 0.114. The Balaban J connectivity index is 1.45. The summed E-state index contributed by atoms with van der Waals surface area (Å²) < 4.78 is 10.5. The highest BCUT2D eigenvalue weighted by molar-refractivity contribution is 8.00. The lowest BCUT2D eigenvalue weighted by atomic mass is 10.2. The molecule has 7 nitrogen and oxygen atoms in total. The molecule has 4 rings (SSSR count). The number of esters is 1. The second-order valence-corrected chi connectivity index (χ2v) is 6.50. The number of amides is 1. The average Bonchev–Trinajstić information content (AvgIpc) is 3.19. The molecule has 0 radical (unpaired) electrons. The normalized spacial score (nSPS) is 13.4. The number of aromatic nitrogens is 2. The van der Waals surface area contributed by atoms with Crippen LogP contribution in [0.3, 0.4) is 0 Å². The highest BCUT2D eigenvalue weighted by atomic mass is 32.2. The van der Waals surface area contributed by atoms with Gasteiger partial charge in [0.1, 0.15) is 12.3 Å². The summed E-state index contributed by atoms with van der Waals surface area (Å²) in [5, 5.41) is 7.43. The predicted molar refractivity (Wildman–Crippen MR) is 94.9 cm³/mol. The summed E-state index contributed by atoms with van der Waals surface area (Å²) in [5.41, 5.74) is 1.46. The van der Waals surface area contributed by atoms with Crippen molar-refractivity contribution < 1.29 is 18.7 Å². The Bertz CT molecular complexity index is 941. The highest BCUT2D eigenvalue weighted by Gasteiger charge is 2.26. The maximum atomic E-state index is 12.3. The molecule has 1 aliphatic rings. The molecule has 0 N–H and O–H groups in total. The van der Waals surface area contributed by atoms with Crippen molar-refractivity contribution in [2.45, 2.75) is 4.90 Å². The van der Waals surface area contributed by atoms with E-state index in [1.807, 2.05) is 24.3 Å². The van der Waals surface area contributed by atoms with Gasteiger partial charge in [-0.2, -0.15) is 0 Å². The lowest BCUT2D eigenvalue weighted by molar-refractivity contribution is -0.134. The molecule has 2 heterocycles. The number of carbonyl (C=O) groups is 2. The van der Waals surface area contributed by atoms with Gasteiger partial charge in [-0.05, 0) is 36.4 Å². The molecule has 0 aliphatic carbocycles. The van der Waals surface area contributed by atoms with Crippen molar-refractivity contribution in [2.24, 2.45) is 0 Å². The van der Waals surface area contributed by atoms with E-state index >= 15 is 0 Å². The Morgan fingerprint density at radius 3 is 2.77 bits per heavy atom. The molecular weight excluding hydrogens is 354 g/mol. The molecule has 3 aromatic rings. The van der Waals surface area contributed by atoms with Gasteiger partial charge >= 0.3 is 5.97 Å².